The van der Waals surface area contributed by atoms with Crippen LogP contribution in [0.5, 0.6) is 0 Å². The Hall–Kier alpha value is -0.240. The summed E-state index contributed by atoms with van der Waals surface area (Å²) in [4.78, 5) is 0. The van der Waals surface area contributed by atoms with Crippen LogP contribution in [0.15, 0.2) is 0 Å². The minimum atomic E-state index is -1.38. The van der Waals surface area contributed by atoms with Crippen molar-refractivity contribution in [2.45, 2.75) is 50.7 Å². The zero-order chi connectivity index (χ0) is 11.6. The summed E-state index contributed by atoms with van der Waals surface area (Å²) in [7, 11) is 0. The summed E-state index contributed by atoms with van der Waals surface area (Å²) in [6.07, 6.45) is -6.15. The Kier molecular flexibility index (Phi) is 4.45. The third-order valence-corrected chi connectivity index (χ3v) is 2.25. The van der Waals surface area contributed by atoms with E-state index in [1.54, 1.807) is 13.8 Å². The molecule has 15 heavy (non-hydrogen) atoms. The van der Waals surface area contributed by atoms with Gasteiger partial charge in [-0.1, -0.05) is 0 Å². The molecular weight excluding hydrogens is 204 g/mol. The van der Waals surface area contributed by atoms with Crippen LogP contribution in [-0.2, 0) is 9.47 Å². The van der Waals surface area contributed by atoms with Crippen molar-refractivity contribution in [3.63, 3.8) is 0 Å². The third kappa shape index (κ3) is 2.87. The molecule has 0 radical (unpaired) electrons. The Morgan fingerprint density at radius 1 is 1.13 bits per heavy atom. The zero-order valence-electron chi connectivity index (χ0n) is 8.78. The van der Waals surface area contributed by atoms with E-state index in [1.165, 1.54) is 0 Å². The highest BCUT2D eigenvalue weighted by molar-refractivity contribution is 4.88. The van der Waals surface area contributed by atoms with Gasteiger partial charge in [0.2, 0.25) is 0 Å². The van der Waals surface area contributed by atoms with Gasteiger partial charge in [-0.25, -0.2) is 0 Å². The van der Waals surface area contributed by atoms with Crippen LogP contribution in [0.1, 0.15) is 13.8 Å². The smallest absolute Gasteiger partial charge is 0.186 e. The molecule has 5 atom stereocenters. The summed E-state index contributed by atoms with van der Waals surface area (Å²) < 4.78 is 10.3. The predicted octanol–water partition coefficient (Wildman–Crippen LogP) is -1.79. The van der Waals surface area contributed by atoms with E-state index in [0.717, 1.165) is 0 Å². The van der Waals surface area contributed by atoms with Crippen LogP contribution in [0.4, 0.5) is 0 Å². The lowest BCUT2D eigenvalue weighted by atomic mass is 9.99. The second-order valence-electron chi connectivity index (χ2n) is 3.88. The van der Waals surface area contributed by atoms with Crippen molar-refractivity contribution in [3.05, 3.63) is 0 Å². The molecule has 4 N–H and O–H groups in total. The molecule has 1 fully saturated rings. The van der Waals surface area contributed by atoms with E-state index in [9.17, 15) is 15.3 Å². The molecule has 0 amide bonds. The number of aliphatic hydroxyl groups excluding tert-OH is 4. The molecule has 1 saturated heterocycles. The first-order chi connectivity index (χ1) is 6.97. The fourth-order valence-corrected chi connectivity index (χ4v) is 1.45. The summed E-state index contributed by atoms with van der Waals surface area (Å²) in [5.41, 5.74) is 0. The first-order valence-electron chi connectivity index (χ1n) is 4.93. The van der Waals surface area contributed by atoms with Gasteiger partial charge in [-0.2, -0.15) is 0 Å². The van der Waals surface area contributed by atoms with Crippen LogP contribution in [0.3, 0.4) is 0 Å². The van der Waals surface area contributed by atoms with Gasteiger partial charge in [-0.05, 0) is 13.8 Å². The SMILES string of the molecule is CC(C)O[C@@H]1O[C@H](CO)[C@@H](O)[C@H](O)[C@H]1O. The van der Waals surface area contributed by atoms with E-state index < -0.39 is 37.3 Å². The van der Waals surface area contributed by atoms with Crippen molar-refractivity contribution < 1.29 is 29.9 Å². The number of ether oxygens (including phenoxy) is 2. The minimum absolute atomic E-state index is 0.188. The van der Waals surface area contributed by atoms with Crippen molar-refractivity contribution in [3.8, 4) is 0 Å². The lowest BCUT2D eigenvalue weighted by molar-refractivity contribution is -0.308. The van der Waals surface area contributed by atoms with Gasteiger partial charge in [-0.15, -0.1) is 0 Å². The molecule has 1 rings (SSSR count). The molecule has 0 unspecified atom stereocenters. The van der Waals surface area contributed by atoms with E-state index >= 15 is 0 Å². The molecule has 0 spiro atoms. The molecule has 6 heteroatoms. The van der Waals surface area contributed by atoms with E-state index in [2.05, 4.69) is 0 Å². The van der Waals surface area contributed by atoms with E-state index in [0.29, 0.717) is 0 Å². The molecular formula is C9H18O6. The second-order valence-corrected chi connectivity index (χ2v) is 3.88. The van der Waals surface area contributed by atoms with E-state index in [4.69, 9.17) is 14.6 Å². The number of rotatable bonds is 3. The van der Waals surface area contributed by atoms with Crippen LogP contribution in [0.2, 0.25) is 0 Å². The van der Waals surface area contributed by atoms with Crippen molar-refractivity contribution in [2.24, 2.45) is 0 Å². The Labute approximate surface area is 88.1 Å². The van der Waals surface area contributed by atoms with Gasteiger partial charge >= 0.3 is 0 Å². The van der Waals surface area contributed by atoms with E-state index in [-0.39, 0.29) is 6.10 Å². The largest absolute Gasteiger partial charge is 0.394 e. The molecule has 0 aromatic carbocycles. The second kappa shape index (κ2) is 5.20. The van der Waals surface area contributed by atoms with Gasteiger partial charge in [0.05, 0.1) is 12.7 Å². The molecule has 1 aliphatic rings. The van der Waals surface area contributed by atoms with Crippen LogP contribution < -0.4 is 0 Å². The van der Waals surface area contributed by atoms with Gasteiger partial charge in [0.15, 0.2) is 6.29 Å². The summed E-state index contributed by atoms with van der Waals surface area (Å²) in [5.74, 6) is 0. The summed E-state index contributed by atoms with van der Waals surface area (Å²) in [6.45, 7) is 3.06. The highest BCUT2D eigenvalue weighted by Crippen LogP contribution is 2.22. The monoisotopic (exact) mass is 222 g/mol. The Balaban J connectivity index is 2.65. The van der Waals surface area contributed by atoms with Crippen LogP contribution >= 0.6 is 0 Å². The van der Waals surface area contributed by atoms with Crippen LogP contribution in [-0.4, -0.2) is 63.8 Å². The molecule has 0 saturated carbocycles. The maximum atomic E-state index is 9.53. The molecule has 1 aliphatic heterocycles. The van der Waals surface area contributed by atoms with Gasteiger partial charge in [0, 0.05) is 0 Å². The van der Waals surface area contributed by atoms with Crippen LogP contribution in [0, 0.1) is 0 Å². The zero-order valence-corrected chi connectivity index (χ0v) is 8.78. The molecule has 1 heterocycles. The number of hydrogen-bond donors (Lipinski definition) is 4. The highest BCUT2D eigenvalue weighted by atomic mass is 16.7. The topological polar surface area (TPSA) is 99.4 Å². The number of aliphatic hydroxyl groups is 4. The molecule has 0 bridgehead atoms. The lowest BCUT2D eigenvalue weighted by Gasteiger charge is -2.40. The normalized spacial score (nSPS) is 42.2. The Morgan fingerprint density at radius 3 is 2.20 bits per heavy atom. The fraction of sp³-hybridized carbons (Fsp3) is 1.00. The molecule has 0 aliphatic carbocycles. The lowest BCUT2D eigenvalue weighted by Crippen LogP contribution is -2.59. The standard InChI is InChI=1S/C9H18O6/c1-4(2)14-9-8(13)7(12)6(11)5(3-10)15-9/h4-13H,3H2,1-2H3/t5-,6-,7+,8-,9-/m1/s1. The summed E-state index contributed by atoms with van der Waals surface area (Å²) in [5, 5.41) is 37.3. The van der Waals surface area contributed by atoms with Crippen LogP contribution in [0.25, 0.3) is 0 Å². The maximum Gasteiger partial charge on any atom is 0.186 e. The minimum Gasteiger partial charge on any atom is -0.394 e. The Morgan fingerprint density at radius 2 is 1.73 bits per heavy atom. The summed E-state index contributed by atoms with van der Waals surface area (Å²) in [6, 6.07) is 0. The van der Waals surface area contributed by atoms with Crippen molar-refractivity contribution in [2.75, 3.05) is 6.61 Å². The van der Waals surface area contributed by atoms with E-state index in [1.807, 2.05) is 0 Å². The fourth-order valence-electron chi connectivity index (χ4n) is 1.45. The van der Waals surface area contributed by atoms with Gasteiger partial charge in [0.1, 0.15) is 24.4 Å². The van der Waals surface area contributed by atoms with Crippen molar-refractivity contribution in [1.29, 1.82) is 0 Å². The van der Waals surface area contributed by atoms with Gasteiger partial charge < -0.3 is 29.9 Å². The quantitative estimate of drug-likeness (QED) is 0.450. The maximum absolute atomic E-state index is 9.53. The van der Waals surface area contributed by atoms with Crippen molar-refractivity contribution in [1.82, 2.24) is 0 Å². The summed E-state index contributed by atoms with van der Waals surface area (Å²) >= 11 is 0. The molecule has 0 aromatic heterocycles. The average Bonchev–Trinajstić information content (AvgIpc) is 2.18. The predicted molar refractivity (Wildman–Crippen MR) is 50.0 cm³/mol. The number of hydrogen-bond acceptors (Lipinski definition) is 6. The highest BCUT2D eigenvalue weighted by Gasteiger charge is 2.44. The third-order valence-electron chi connectivity index (χ3n) is 2.25. The molecule has 90 valence electrons. The van der Waals surface area contributed by atoms with Gasteiger partial charge in [-0.3, -0.25) is 0 Å². The molecule has 0 aromatic rings. The average molecular weight is 222 g/mol. The Bertz CT molecular complexity index is 195. The van der Waals surface area contributed by atoms with Gasteiger partial charge in [0.25, 0.3) is 0 Å². The first-order valence-corrected chi connectivity index (χ1v) is 4.93. The first kappa shape index (κ1) is 12.8. The van der Waals surface area contributed by atoms with Crippen molar-refractivity contribution >= 4 is 0 Å². The molecule has 6 nitrogen and oxygen atoms in total.